The van der Waals surface area contributed by atoms with Crippen LogP contribution in [-0.4, -0.2) is 15.0 Å². The summed E-state index contributed by atoms with van der Waals surface area (Å²) in [7, 11) is 0. The van der Waals surface area contributed by atoms with Crippen LogP contribution >= 0.6 is 15.9 Å². The maximum Gasteiger partial charge on any atom is 0.129 e. The highest BCUT2D eigenvalue weighted by molar-refractivity contribution is 9.10. The van der Waals surface area contributed by atoms with Gasteiger partial charge < -0.3 is 0 Å². The quantitative estimate of drug-likeness (QED) is 0.810. The second kappa shape index (κ2) is 5.16. The fourth-order valence-electron chi connectivity index (χ4n) is 1.45. The van der Waals surface area contributed by atoms with Gasteiger partial charge in [-0.2, -0.15) is 0 Å². The first-order valence-electron chi connectivity index (χ1n) is 5.20. The second-order valence-electron chi connectivity index (χ2n) is 3.45. The number of aromatic nitrogens is 3. The summed E-state index contributed by atoms with van der Waals surface area (Å²) in [5, 5.41) is 0. The summed E-state index contributed by atoms with van der Waals surface area (Å²) in [6.45, 7) is 2.05. The van der Waals surface area contributed by atoms with E-state index in [1.807, 2.05) is 31.2 Å². The molecule has 0 saturated carbocycles. The lowest BCUT2D eigenvalue weighted by atomic mass is 10.2. The molecule has 0 bridgehead atoms. The second-order valence-corrected chi connectivity index (χ2v) is 4.26. The minimum Gasteiger partial charge on any atom is -0.261 e. The molecule has 0 aromatic carbocycles. The Morgan fingerprint density at radius 2 is 2.06 bits per heavy atom. The average Bonchev–Trinajstić information content (AvgIpc) is 2.29. The molecule has 4 heteroatoms. The van der Waals surface area contributed by atoms with E-state index < -0.39 is 0 Å². The van der Waals surface area contributed by atoms with Crippen LogP contribution in [0.2, 0.25) is 0 Å². The number of rotatable bonds is 3. The van der Waals surface area contributed by atoms with Gasteiger partial charge in [-0.25, -0.2) is 9.97 Å². The van der Waals surface area contributed by atoms with Gasteiger partial charge >= 0.3 is 0 Å². The van der Waals surface area contributed by atoms with Gasteiger partial charge in [0, 0.05) is 24.7 Å². The van der Waals surface area contributed by atoms with E-state index in [1.165, 1.54) is 0 Å². The van der Waals surface area contributed by atoms with E-state index in [-0.39, 0.29) is 0 Å². The molecule has 0 amide bonds. The van der Waals surface area contributed by atoms with Crippen molar-refractivity contribution in [2.24, 2.45) is 0 Å². The zero-order valence-electron chi connectivity index (χ0n) is 9.02. The van der Waals surface area contributed by atoms with Gasteiger partial charge in [0.25, 0.3) is 0 Å². The maximum atomic E-state index is 4.47. The van der Waals surface area contributed by atoms with Crippen LogP contribution in [0, 0.1) is 0 Å². The molecule has 0 aliphatic heterocycles. The third-order valence-electron chi connectivity index (χ3n) is 2.20. The van der Waals surface area contributed by atoms with Crippen molar-refractivity contribution in [2.45, 2.75) is 19.8 Å². The van der Waals surface area contributed by atoms with Gasteiger partial charge in [0.15, 0.2) is 0 Å². The summed E-state index contributed by atoms with van der Waals surface area (Å²) < 4.78 is 0.838. The van der Waals surface area contributed by atoms with E-state index in [9.17, 15) is 0 Å². The molecule has 0 saturated heterocycles. The van der Waals surface area contributed by atoms with Gasteiger partial charge in [-0.3, -0.25) is 4.98 Å². The Morgan fingerprint density at radius 3 is 2.75 bits per heavy atom. The van der Waals surface area contributed by atoms with Gasteiger partial charge in [0.05, 0.1) is 5.69 Å². The zero-order valence-corrected chi connectivity index (χ0v) is 10.6. The lowest BCUT2D eigenvalue weighted by Crippen LogP contribution is -2.00. The van der Waals surface area contributed by atoms with Crippen LogP contribution < -0.4 is 0 Å². The monoisotopic (exact) mass is 277 g/mol. The Hall–Kier alpha value is -1.29. The fourth-order valence-corrected chi connectivity index (χ4v) is 1.92. The lowest BCUT2D eigenvalue weighted by Gasteiger charge is -2.03. The van der Waals surface area contributed by atoms with Crippen LogP contribution in [0.4, 0.5) is 0 Å². The Labute approximate surface area is 103 Å². The largest absolute Gasteiger partial charge is 0.261 e. The molecule has 2 aromatic rings. The SMILES string of the molecule is CCc1nc(Br)cc(Cc2ccccn2)n1. The van der Waals surface area contributed by atoms with E-state index >= 15 is 0 Å². The van der Waals surface area contributed by atoms with Crippen LogP contribution in [0.5, 0.6) is 0 Å². The topological polar surface area (TPSA) is 38.7 Å². The van der Waals surface area contributed by atoms with E-state index in [1.54, 1.807) is 6.20 Å². The first-order chi connectivity index (χ1) is 7.78. The Bertz CT molecular complexity index is 471. The molecule has 3 nitrogen and oxygen atoms in total. The number of hydrogen-bond donors (Lipinski definition) is 0. The maximum absolute atomic E-state index is 4.47. The number of pyridine rings is 1. The zero-order chi connectivity index (χ0) is 11.4. The van der Waals surface area contributed by atoms with Crippen molar-refractivity contribution in [3.63, 3.8) is 0 Å². The molecule has 82 valence electrons. The van der Waals surface area contributed by atoms with Gasteiger partial charge in [-0.15, -0.1) is 0 Å². The van der Waals surface area contributed by atoms with Crippen molar-refractivity contribution >= 4 is 15.9 Å². The highest BCUT2D eigenvalue weighted by atomic mass is 79.9. The molecule has 0 aliphatic carbocycles. The number of halogens is 1. The average molecular weight is 278 g/mol. The van der Waals surface area contributed by atoms with Gasteiger partial charge in [0.1, 0.15) is 10.4 Å². The van der Waals surface area contributed by atoms with Gasteiger partial charge in [0.2, 0.25) is 0 Å². The number of nitrogens with zero attached hydrogens (tertiary/aromatic N) is 3. The Balaban J connectivity index is 2.24. The third kappa shape index (κ3) is 2.85. The highest BCUT2D eigenvalue weighted by Crippen LogP contribution is 2.11. The molecule has 0 N–H and O–H groups in total. The van der Waals surface area contributed by atoms with E-state index in [2.05, 4.69) is 30.9 Å². The van der Waals surface area contributed by atoms with Gasteiger partial charge in [-0.05, 0) is 34.1 Å². The van der Waals surface area contributed by atoms with E-state index in [0.29, 0.717) is 0 Å². The first-order valence-corrected chi connectivity index (χ1v) is 5.99. The highest BCUT2D eigenvalue weighted by Gasteiger charge is 2.03. The summed E-state index contributed by atoms with van der Waals surface area (Å²) in [6, 6.07) is 7.84. The summed E-state index contributed by atoms with van der Waals surface area (Å²) in [4.78, 5) is 13.0. The van der Waals surface area contributed by atoms with Crippen LogP contribution in [0.25, 0.3) is 0 Å². The Kier molecular flexibility index (Phi) is 3.62. The van der Waals surface area contributed by atoms with Crippen molar-refractivity contribution < 1.29 is 0 Å². The third-order valence-corrected chi connectivity index (χ3v) is 2.61. The summed E-state index contributed by atoms with van der Waals surface area (Å²) in [6.07, 6.45) is 3.38. The molecule has 0 fully saturated rings. The predicted molar refractivity (Wildman–Crippen MR) is 66.2 cm³/mol. The van der Waals surface area contributed by atoms with Crippen LogP contribution in [0.3, 0.4) is 0 Å². The predicted octanol–water partition coefficient (Wildman–Crippen LogP) is 2.79. The minimum absolute atomic E-state index is 0.745. The molecule has 2 heterocycles. The molecule has 0 unspecified atom stereocenters. The van der Waals surface area contributed by atoms with Crippen molar-refractivity contribution in [1.82, 2.24) is 15.0 Å². The molecule has 0 radical (unpaired) electrons. The fraction of sp³-hybridized carbons (Fsp3) is 0.250. The minimum atomic E-state index is 0.745. The lowest BCUT2D eigenvalue weighted by molar-refractivity contribution is 0.878. The molecule has 0 atom stereocenters. The number of hydrogen-bond acceptors (Lipinski definition) is 3. The van der Waals surface area contributed by atoms with Crippen LogP contribution in [0.15, 0.2) is 35.1 Å². The van der Waals surface area contributed by atoms with Crippen molar-refractivity contribution in [3.05, 3.63) is 52.3 Å². The standard InChI is InChI=1S/C12H12BrN3/c1-2-12-15-10(8-11(13)16-12)7-9-5-3-4-6-14-9/h3-6,8H,2,7H2,1H3. The van der Waals surface area contributed by atoms with E-state index in [4.69, 9.17) is 0 Å². The molecular formula is C12H12BrN3. The molecular weight excluding hydrogens is 266 g/mol. The Morgan fingerprint density at radius 1 is 1.19 bits per heavy atom. The molecule has 0 aliphatic rings. The first kappa shape index (κ1) is 11.2. The van der Waals surface area contributed by atoms with Crippen LogP contribution in [-0.2, 0) is 12.8 Å². The number of aryl methyl sites for hydroxylation is 1. The van der Waals surface area contributed by atoms with E-state index in [0.717, 1.165) is 34.7 Å². The molecule has 2 aromatic heterocycles. The van der Waals surface area contributed by atoms with Crippen LogP contribution in [0.1, 0.15) is 24.1 Å². The summed E-state index contributed by atoms with van der Waals surface area (Å²) >= 11 is 3.40. The molecule has 0 spiro atoms. The normalized spacial score (nSPS) is 10.4. The smallest absolute Gasteiger partial charge is 0.129 e. The summed E-state index contributed by atoms with van der Waals surface area (Å²) in [5.41, 5.74) is 2.02. The van der Waals surface area contributed by atoms with Crippen molar-refractivity contribution in [1.29, 1.82) is 0 Å². The van der Waals surface area contributed by atoms with Crippen molar-refractivity contribution in [3.8, 4) is 0 Å². The van der Waals surface area contributed by atoms with Crippen molar-refractivity contribution in [2.75, 3.05) is 0 Å². The molecule has 16 heavy (non-hydrogen) atoms. The summed E-state index contributed by atoms with van der Waals surface area (Å²) in [5.74, 6) is 0.861. The molecule has 2 rings (SSSR count). The van der Waals surface area contributed by atoms with Gasteiger partial charge in [-0.1, -0.05) is 13.0 Å².